The largest absolute Gasteiger partial charge is 0.457 e. The highest BCUT2D eigenvalue weighted by Crippen LogP contribution is 2.42. The molecule has 6 aromatic rings. The van der Waals surface area contributed by atoms with Gasteiger partial charge in [-0.3, -0.25) is 4.57 Å². The van der Waals surface area contributed by atoms with Crippen molar-refractivity contribution >= 4 is 21.8 Å². The topological polar surface area (TPSA) is 54.1 Å². The second-order valence-electron chi connectivity index (χ2n) is 13.6. The lowest BCUT2D eigenvalue weighted by Crippen LogP contribution is -2.25. The molecule has 6 heteroatoms. The average molecular weight is 625 g/mol. The van der Waals surface area contributed by atoms with E-state index in [0.29, 0.717) is 17.8 Å². The first-order valence-corrected chi connectivity index (χ1v) is 16.7. The predicted molar refractivity (Wildman–Crippen MR) is 192 cm³/mol. The molecule has 1 aliphatic rings. The van der Waals surface area contributed by atoms with Crippen molar-refractivity contribution < 1.29 is 9.47 Å². The summed E-state index contributed by atoms with van der Waals surface area (Å²) >= 11 is 0. The van der Waals surface area contributed by atoms with E-state index in [-0.39, 0.29) is 6.10 Å². The molecule has 3 aromatic heterocycles. The molecule has 6 nitrogen and oxygen atoms in total. The van der Waals surface area contributed by atoms with Gasteiger partial charge < -0.3 is 9.47 Å². The predicted octanol–water partition coefficient (Wildman–Crippen LogP) is 10.3. The highest BCUT2D eigenvalue weighted by Gasteiger charge is 2.32. The number of pyridine rings is 1. The molecule has 1 unspecified atom stereocenters. The summed E-state index contributed by atoms with van der Waals surface area (Å²) in [4.78, 5) is 4.74. The Hall–Kier alpha value is -4.68. The van der Waals surface area contributed by atoms with E-state index < -0.39 is 0 Å². The zero-order valence-corrected chi connectivity index (χ0v) is 28.7. The molecule has 0 N–H and O–H groups in total. The first kappa shape index (κ1) is 30.9. The van der Waals surface area contributed by atoms with Gasteiger partial charge in [0, 0.05) is 53.4 Å². The van der Waals surface area contributed by atoms with Gasteiger partial charge in [-0.2, -0.15) is 5.10 Å². The Morgan fingerprint density at radius 3 is 2.38 bits per heavy atom. The first-order valence-electron chi connectivity index (χ1n) is 16.7. The van der Waals surface area contributed by atoms with Gasteiger partial charge in [-0.05, 0) is 99.5 Å². The van der Waals surface area contributed by atoms with Crippen LogP contribution in [0.25, 0.3) is 33.3 Å². The smallest absolute Gasteiger partial charge is 0.137 e. The van der Waals surface area contributed by atoms with E-state index in [9.17, 15) is 0 Å². The summed E-state index contributed by atoms with van der Waals surface area (Å²) in [6.07, 6.45) is 5.34. The fourth-order valence-corrected chi connectivity index (χ4v) is 7.61. The Labute approximate surface area is 277 Å². The van der Waals surface area contributed by atoms with Crippen LogP contribution >= 0.6 is 0 Å². The zero-order chi connectivity index (χ0) is 33.0. The minimum atomic E-state index is 0.174. The molecule has 240 valence electrons. The molecule has 0 amide bonds. The number of fused-ring (bicyclic) bond motifs is 3. The highest BCUT2D eigenvalue weighted by atomic mass is 16.5. The summed E-state index contributed by atoms with van der Waals surface area (Å²) in [6, 6.07) is 25.5. The summed E-state index contributed by atoms with van der Waals surface area (Å²) in [5.41, 5.74) is 10.5. The molecule has 0 saturated heterocycles. The summed E-state index contributed by atoms with van der Waals surface area (Å²) in [5, 5.41) is 7.48. The van der Waals surface area contributed by atoms with Gasteiger partial charge in [0.05, 0.1) is 28.5 Å². The number of ether oxygens (including phenoxy) is 2. The molecule has 0 saturated carbocycles. The van der Waals surface area contributed by atoms with Crippen LogP contribution in [0, 0.1) is 26.7 Å². The number of methoxy groups -OCH3 is 1. The lowest BCUT2D eigenvalue weighted by atomic mass is 9.74. The first-order chi connectivity index (χ1) is 22.6. The fourth-order valence-electron chi connectivity index (χ4n) is 7.61. The Bertz CT molecular complexity index is 2150. The summed E-state index contributed by atoms with van der Waals surface area (Å²) in [7, 11) is 1.80. The Morgan fingerprint density at radius 2 is 1.64 bits per heavy atom. The molecule has 0 aliphatic heterocycles. The van der Waals surface area contributed by atoms with Crippen LogP contribution in [-0.4, -0.2) is 32.5 Å². The molecule has 0 radical (unpaired) electrons. The molecule has 3 aromatic carbocycles. The maximum Gasteiger partial charge on any atom is 0.137 e. The standard InChI is InChI=1S/C41H44N4O2/c1-24(2)30-20-31(45-29(7)41(28(6)43-45)40-26(4)18-33(46-8)19-27(40)5)22-34(21-30)47-32-13-14-36-35-11-9-10-12-37(35)44(38(36)23-32)39-17-25(3)15-16-42-39/h9-18,20-24,27,33,40H,19H2,1-8H3/t27-,33-,40?/m0/s1. The van der Waals surface area contributed by atoms with Gasteiger partial charge in [-0.15, -0.1) is 0 Å². The maximum absolute atomic E-state index is 6.70. The van der Waals surface area contributed by atoms with Crippen molar-refractivity contribution in [3.8, 4) is 23.0 Å². The molecular formula is C41H44N4O2. The van der Waals surface area contributed by atoms with E-state index in [1.165, 1.54) is 38.7 Å². The lowest BCUT2D eigenvalue weighted by molar-refractivity contribution is 0.108. The molecule has 3 atom stereocenters. The van der Waals surface area contributed by atoms with Crippen molar-refractivity contribution in [3.63, 3.8) is 0 Å². The van der Waals surface area contributed by atoms with Crippen LogP contribution in [0.15, 0.2) is 90.6 Å². The summed E-state index contributed by atoms with van der Waals surface area (Å²) < 4.78 is 16.7. The van der Waals surface area contributed by atoms with E-state index in [2.05, 4.69) is 131 Å². The Kier molecular flexibility index (Phi) is 8.01. The third kappa shape index (κ3) is 5.55. The van der Waals surface area contributed by atoms with Crippen molar-refractivity contribution in [1.82, 2.24) is 19.3 Å². The summed E-state index contributed by atoms with van der Waals surface area (Å²) in [6.45, 7) is 15.5. The van der Waals surface area contributed by atoms with Crippen molar-refractivity contribution in [1.29, 1.82) is 0 Å². The molecule has 7 rings (SSSR count). The fraction of sp³-hybridized carbons (Fsp3) is 0.317. The monoisotopic (exact) mass is 624 g/mol. The van der Waals surface area contributed by atoms with Crippen LogP contribution in [-0.2, 0) is 4.74 Å². The zero-order valence-electron chi connectivity index (χ0n) is 28.7. The second kappa shape index (κ2) is 12.2. The number of aromatic nitrogens is 4. The van der Waals surface area contributed by atoms with Gasteiger partial charge in [-0.25, -0.2) is 9.67 Å². The van der Waals surface area contributed by atoms with Crippen molar-refractivity contribution in [2.45, 2.75) is 72.8 Å². The molecule has 1 aliphatic carbocycles. The number of para-hydroxylation sites is 1. The molecule has 3 heterocycles. The number of rotatable bonds is 7. The van der Waals surface area contributed by atoms with Crippen LogP contribution in [0.4, 0.5) is 0 Å². The van der Waals surface area contributed by atoms with Gasteiger partial charge >= 0.3 is 0 Å². The van der Waals surface area contributed by atoms with Gasteiger partial charge in [0.2, 0.25) is 0 Å². The van der Waals surface area contributed by atoms with Gasteiger partial charge in [-0.1, -0.05) is 50.6 Å². The van der Waals surface area contributed by atoms with Crippen LogP contribution < -0.4 is 4.74 Å². The Balaban J connectivity index is 1.31. The number of hydrogen-bond donors (Lipinski definition) is 0. The SMILES string of the molecule is CO[C@H]1C=C(C)C(c2c(C)nn(-c3cc(Oc4ccc5c6ccccc6n(-c6cc(C)ccn6)c5c4)cc(C(C)C)c3)c2C)[C@@H](C)C1. The van der Waals surface area contributed by atoms with Crippen molar-refractivity contribution in [3.05, 3.63) is 119 Å². The minimum absolute atomic E-state index is 0.174. The van der Waals surface area contributed by atoms with Crippen molar-refractivity contribution in [2.24, 2.45) is 5.92 Å². The number of nitrogens with zero attached hydrogens (tertiary/aromatic N) is 4. The molecule has 47 heavy (non-hydrogen) atoms. The second-order valence-corrected chi connectivity index (χ2v) is 13.6. The molecule has 0 fully saturated rings. The van der Waals surface area contributed by atoms with Crippen LogP contribution in [0.1, 0.15) is 74.0 Å². The molecular weight excluding hydrogens is 580 g/mol. The number of benzene rings is 3. The number of aryl methyl sites for hydroxylation is 2. The maximum atomic E-state index is 6.70. The van der Waals surface area contributed by atoms with Gasteiger partial charge in [0.1, 0.15) is 17.3 Å². The highest BCUT2D eigenvalue weighted by molar-refractivity contribution is 6.09. The molecule has 0 spiro atoms. The quantitative estimate of drug-likeness (QED) is 0.166. The number of allylic oxidation sites excluding steroid dienone is 1. The van der Waals surface area contributed by atoms with E-state index in [0.717, 1.165) is 46.2 Å². The van der Waals surface area contributed by atoms with Gasteiger partial charge in [0.25, 0.3) is 0 Å². The van der Waals surface area contributed by atoms with E-state index in [1.54, 1.807) is 7.11 Å². The number of hydrogen-bond acceptors (Lipinski definition) is 4. The van der Waals surface area contributed by atoms with E-state index in [4.69, 9.17) is 19.6 Å². The molecule has 0 bridgehead atoms. The summed E-state index contributed by atoms with van der Waals surface area (Å²) in [5.74, 6) is 3.57. The lowest BCUT2D eigenvalue weighted by Gasteiger charge is -2.33. The average Bonchev–Trinajstić information content (AvgIpc) is 3.53. The van der Waals surface area contributed by atoms with E-state index >= 15 is 0 Å². The van der Waals surface area contributed by atoms with Crippen LogP contribution in [0.2, 0.25) is 0 Å². The van der Waals surface area contributed by atoms with E-state index in [1.807, 2.05) is 12.3 Å². The van der Waals surface area contributed by atoms with Crippen LogP contribution in [0.5, 0.6) is 11.5 Å². The third-order valence-electron chi connectivity index (χ3n) is 9.91. The Morgan fingerprint density at radius 1 is 0.851 bits per heavy atom. The normalized spacial score (nSPS) is 18.3. The third-order valence-corrected chi connectivity index (χ3v) is 9.91. The van der Waals surface area contributed by atoms with Gasteiger partial charge in [0.15, 0.2) is 0 Å². The van der Waals surface area contributed by atoms with Crippen LogP contribution in [0.3, 0.4) is 0 Å². The minimum Gasteiger partial charge on any atom is -0.457 e. The van der Waals surface area contributed by atoms with Crippen molar-refractivity contribution in [2.75, 3.05) is 7.11 Å².